The zero-order valence-corrected chi connectivity index (χ0v) is 11.4. The molecule has 80 valence electrons. The van der Waals surface area contributed by atoms with Gasteiger partial charge in [-0.15, -0.1) is 0 Å². The fourth-order valence-corrected chi connectivity index (χ4v) is 6.21. The Morgan fingerprint density at radius 1 is 1.20 bits per heavy atom. The van der Waals surface area contributed by atoms with Crippen LogP contribution in [0.15, 0.2) is 18.3 Å². The summed E-state index contributed by atoms with van der Waals surface area (Å²) in [6.07, 6.45) is 6.46. The van der Waals surface area contributed by atoms with Crippen molar-refractivity contribution < 1.29 is 4.57 Å². The molecule has 1 aromatic heterocycles. The molecule has 1 aromatic rings. The molecule has 3 rings (SSSR count). The Labute approximate surface area is 103 Å². The molecule has 0 amide bonds. The summed E-state index contributed by atoms with van der Waals surface area (Å²) >= 11 is 2.24. The molecule has 0 atom stereocenters. The Morgan fingerprint density at radius 2 is 1.80 bits per heavy atom. The third kappa shape index (κ3) is 1.78. The van der Waals surface area contributed by atoms with Crippen molar-refractivity contribution in [2.24, 2.45) is 0 Å². The minimum Gasteiger partial charge on any atom is -0.316 e. The fraction of sp³-hybridized carbons (Fsp3) is 0.545. The first-order valence-corrected chi connectivity index (χ1v) is 8.35. The summed E-state index contributed by atoms with van der Waals surface area (Å²) in [5.41, 5.74) is 1.84. The Morgan fingerprint density at radius 3 is 2.20 bits per heavy atom. The van der Waals surface area contributed by atoms with Crippen LogP contribution in [0.5, 0.6) is 0 Å². The predicted molar refractivity (Wildman–Crippen MR) is 70.2 cm³/mol. The lowest BCUT2D eigenvalue weighted by Gasteiger charge is -2.16. The molecule has 2 nitrogen and oxygen atoms in total. The maximum Gasteiger partial charge on any atom is 0.138 e. The number of rotatable bonds is 3. The maximum atomic E-state index is 13.0. The molecule has 0 unspecified atom stereocenters. The van der Waals surface area contributed by atoms with E-state index in [4.69, 9.17) is 0 Å². The molecule has 0 N–H and O–H groups in total. The molecule has 4 heteroatoms. The Bertz CT molecular complexity index is 407. The highest BCUT2D eigenvalue weighted by molar-refractivity contribution is 14.1. The summed E-state index contributed by atoms with van der Waals surface area (Å²) in [5.74, 6) is 0. The van der Waals surface area contributed by atoms with E-state index >= 15 is 0 Å². The van der Waals surface area contributed by atoms with Crippen LogP contribution in [0.4, 0.5) is 0 Å². The number of hydrogen-bond acceptors (Lipinski definition) is 2. The number of hydrogen-bond donors (Lipinski definition) is 0. The molecule has 2 aliphatic rings. The average Bonchev–Trinajstić information content (AvgIpc) is 3.07. The van der Waals surface area contributed by atoms with Crippen LogP contribution < -0.4 is 5.44 Å². The molecular formula is C11H13INOP. The molecule has 0 saturated heterocycles. The SMILES string of the molecule is O=P(c1ccc(I)cn1)(C1CC1)C1CC1. The zero-order chi connectivity index (χ0) is 10.5. The van der Waals surface area contributed by atoms with Crippen LogP contribution in [-0.2, 0) is 4.57 Å². The molecule has 2 saturated carbocycles. The van der Waals surface area contributed by atoms with Crippen molar-refractivity contribution in [1.82, 2.24) is 4.98 Å². The topological polar surface area (TPSA) is 30.0 Å². The lowest BCUT2D eigenvalue weighted by molar-refractivity contribution is 0.578. The van der Waals surface area contributed by atoms with Crippen molar-refractivity contribution in [3.05, 3.63) is 21.9 Å². The minimum absolute atomic E-state index is 0.470. The quantitative estimate of drug-likeness (QED) is 0.629. The Kier molecular flexibility index (Phi) is 2.44. The van der Waals surface area contributed by atoms with Gasteiger partial charge in [-0.3, -0.25) is 4.98 Å². The Balaban J connectivity index is 2.01. The predicted octanol–water partition coefficient (Wildman–Crippen LogP) is 3.00. The van der Waals surface area contributed by atoms with E-state index in [-0.39, 0.29) is 0 Å². The van der Waals surface area contributed by atoms with Crippen LogP contribution in [0, 0.1) is 3.57 Å². The molecule has 2 aliphatic carbocycles. The summed E-state index contributed by atoms with van der Waals surface area (Å²) in [6, 6.07) is 4.01. The van der Waals surface area contributed by atoms with Crippen molar-refractivity contribution in [3.8, 4) is 0 Å². The molecule has 2 fully saturated rings. The van der Waals surface area contributed by atoms with E-state index in [1.807, 2.05) is 18.3 Å². The lowest BCUT2D eigenvalue weighted by Crippen LogP contribution is -2.15. The molecule has 0 radical (unpaired) electrons. The molecular weight excluding hydrogens is 320 g/mol. The summed E-state index contributed by atoms with van der Waals surface area (Å²) in [5, 5.41) is 0. The smallest absolute Gasteiger partial charge is 0.138 e. The second-order valence-electron chi connectivity index (χ2n) is 4.51. The minimum atomic E-state index is -2.13. The molecule has 0 aliphatic heterocycles. The van der Waals surface area contributed by atoms with Gasteiger partial charge in [0.2, 0.25) is 0 Å². The van der Waals surface area contributed by atoms with Crippen LogP contribution in [0.1, 0.15) is 25.7 Å². The highest BCUT2D eigenvalue weighted by Crippen LogP contribution is 2.69. The first-order valence-electron chi connectivity index (χ1n) is 5.43. The van der Waals surface area contributed by atoms with E-state index in [0.29, 0.717) is 11.3 Å². The first kappa shape index (κ1) is 10.3. The van der Waals surface area contributed by atoms with E-state index in [1.54, 1.807) is 0 Å². The summed E-state index contributed by atoms with van der Waals surface area (Å²) in [4.78, 5) is 4.40. The zero-order valence-electron chi connectivity index (χ0n) is 8.40. The summed E-state index contributed by atoms with van der Waals surface area (Å²) in [6.45, 7) is 0. The van der Waals surface area contributed by atoms with Crippen molar-refractivity contribution in [2.75, 3.05) is 0 Å². The number of aromatic nitrogens is 1. The normalized spacial score (nSPS) is 21.7. The van der Waals surface area contributed by atoms with Gasteiger partial charge in [0.05, 0.1) is 0 Å². The Hall–Kier alpha value is 0.110. The third-order valence-corrected chi connectivity index (χ3v) is 8.07. The van der Waals surface area contributed by atoms with E-state index < -0.39 is 7.14 Å². The number of pyridine rings is 1. The molecule has 0 aromatic carbocycles. The van der Waals surface area contributed by atoms with Gasteiger partial charge in [-0.2, -0.15) is 0 Å². The van der Waals surface area contributed by atoms with Crippen molar-refractivity contribution in [3.63, 3.8) is 0 Å². The monoisotopic (exact) mass is 333 g/mol. The lowest BCUT2D eigenvalue weighted by atomic mass is 10.5. The second-order valence-corrected chi connectivity index (χ2v) is 9.09. The van der Waals surface area contributed by atoms with Gasteiger partial charge >= 0.3 is 0 Å². The second kappa shape index (κ2) is 3.56. The third-order valence-electron chi connectivity index (χ3n) is 3.25. The average molecular weight is 333 g/mol. The van der Waals surface area contributed by atoms with Gasteiger partial charge < -0.3 is 4.57 Å². The van der Waals surface area contributed by atoms with Crippen molar-refractivity contribution in [1.29, 1.82) is 0 Å². The van der Waals surface area contributed by atoms with E-state index in [9.17, 15) is 4.57 Å². The van der Waals surface area contributed by atoms with Crippen molar-refractivity contribution >= 4 is 35.2 Å². The highest BCUT2D eigenvalue weighted by atomic mass is 127. The van der Waals surface area contributed by atoms with Crippen LogP contribution in [-0.4, -0.2) is 16.3 Å². The van der Waals surface area contributed by atoms with Gasteiger partial charge in [0.1, 0.15) is 12.6 Å². The van der Waals surface area contributed by atoms with Gasteiger partial charge in [-0.05, 0) is 60.4 Å². The standard InChI is InChI=1S/C11H13INOP/c12-8-1-6-11(13-7-8)15(14,9-2-3-9)10-4-5-10/h1,6-7,9-10H,2-5H2. The van der Waals surface area contributed by atoms with E-state index in [1.165, 1.54) is 0 Å². The van der Waals surface area contributed by atoms with Crippen LogP contribution >= 0.6 is 29.7 Å². The van der Waals surface area contributed by atoms with Gasteiger partial charge in [0.15, 0.2) is 0 Å². The molecule has 0 spiro atoms. The highest BCUT2D eigenvalue weighted by Gasteiger charge is 2.52. The molecule has 0 bridgehead atoms. The molecule has 15 heavy (non-hydrogen) atoms. The van der Waals surface area contributed by atoms with Gasteiger partial charge in [-0.25, -0.2) is 0 Å². The van der Waals surface area contributed by atoms with Crippen LogP contribution in [0.2, 0.25) is 0 Å². The summed E-state index contributed by atoms with van der Waals surface area (Å²) < 4.78 is 14.1. The van der Waals surface area contributed by atoms with Crippen molar-refractivity contribution in [2.45, 2.75) is 37.0 Å². The van der Waals surface area contributed by atoms with Gasteiger partial charge in [0.25, 0.3) is 0 Å². The first-order chi connectivity index (χ1) is 7.21. The largest absolute Gasteiger partial charge is 0.316 e. The van der Waals surface area contributed by atoms with Gasteiger partial charge in [0, 0.05) is 21.1 Å². The van der Waals surface area contributed by atoms with Crippen LogP contribution in [0.25, 0.3) is 0 Å². The summed E-state index contributed by atoms with van der Waals surface area (Å²) in [7, 11) is -2.13. The van der Waals surface area contributed by atoms with E-state index in [2.05, 4.69) is 27.6 Å². The number of halogens is 1. The number of nitrogens with zero attached hydrogens (tertiary/aromatic N) is 1. The molecule has 1 heterocycles. The van der Waals surface area contributed by atoms with Gasteiger partial charge in [-0.1, -0.05) is 0 Å². The maximum absolute atomic E-state index is 13.0. The van der Waals surface area contributed by atoms with E-state index in [0.717, 1.165) is 34.7 Å². The fourth-order valence-electron chi connectivity index (χ4n) is 2.16. The van der Waals surface area contributed by atoms with Crippen LogP contribution in [0.3, 0.4) is 0 Å².